The van der Waals surface area contributed by atoms with Crippen LogP contribution in [0.3, 0.4) is 0 Å². The van der Waals surface area contributed by atoms with Gasteiger partial charge in [-0.1, -0.05) is 6.07 Å². The summed E-state index contributed by atoms with van der Waals surface area (Å²) in [6.45, 7) is 11.3. The van der Waals surface area contributed by atoms with Crippen LogP contribution in [0.5, 0.6) is 5.75 Å². The van der Waals surface area contributed by atoms with Crippen molar-refractivity contribution in [2.24, 2.45) is 7.05 Å². The first kappa shape index (κ1) is 24.3. The highest BCUT2D eigenvalue weighted by Crippen LogP contribution is 2.28. The molecule has 0 saturated heterocycles. The highest BCUT2D eigenvalue weighted by molar-refractivity contribution is 6.07. The van der Waals surface area contributed by atoms with Gasteiger partial charge in [-0.15, -0.1) is 0 Å². The highest BCUT2D eigenvalue weighted by atomic mass is 16.6. The lowest BCUT2D eigenvalue weighted by molar-refractivity contribution is 0.0549. The van der Waals surface area contributed by atoms with Gasteiger partial charge in [-0.3, -0.25) is 9.69 Å². The van der Waals surface area contributed by atoms with Crippen molar-refractivity contribution in [3.63, 3.8) is 0 Å². The monoisotopic (exact) mass is 477 g/mol. The fraction of sp³-hybridized carbons (Fsp3) is 0.385. The fourth-order valence-electron chi connectivity index (χ4n) is 4.11. The predicted octanol–water partition coefficient (Wildman–Crippen LogP) is 4.58. The van der Waals surface area contributed by atoms with Gasteiger partial charge in [0, 0.05) is 29.4 Å². The first-order valence-corrected chi connectivity index (χ1v) is 11.4. The third-order valence-corrected chi connectivity index (χ3v) is 5.57. The Hall–Kier alpha value is -3.88. The van der Waals surface area contributed by atoms with E-state index in [-0.39, 0.29) is 17.9 Å². The molecule has 0 radical (unpaired) electrons. The molecule has 0 aliphatic rings. The molecule has 9 nitrogen and oxygen atoms in total. The molecular formula is C26H31N5O4. The molecule has 0 spiro atoms. The van der Waals surface area contributed by atoms with E-state index in [1.165, 1.54) is 9.58 Å². The van der Waals surface area contributed by atoms with Crippen molar-refractivity contribution >= 4 is 33.7 Å². The standard InChI is InChI=1S/C26H31N5O4/c1-25(2,3)31(24(34)35-26(4,5)6)21-10-8-9-16(28-21)15-30-23(33)22-19(14-27-30)18-12-11-17(32)13-20(18)29(22)7/h8-14,32H,15H2,1-7H3. The lowest BCUT2D eigenvalue weighted by Gasteiger charge is -2.36. The van der Waals surface area contributed by atoms with Crippen molar-refractivity contribution in [2.75, 3.05) is 4.90 Å². The first-order chi connectivity index (χ1) is 16.3. The zero-order valence-corrected chi connectivity index (χ0v) is 21.2. The number of amides is 1. The van der Waals surface area contributed by atoms with Crippen LogP contribution in [0.1, 0.15) is 47.2 Å². The summed E-state index contributed by atoms with van der Waals surface area (Å²) < 4.78 is 8.73. The van der Waals surface area contributed by atoms with Crippen LogP contribution in [-0.4, -0.2) is 41.7 Å². The summed E-state index contributed by atoms with van der Waals surface area (Å²) in [4.78, 5) is 32.5. The minimum Gasteiger partial charge on any atom is -0.508 e. The molecule has 0 bridgehead atoms. The number of aryl methyl sites for hydroxylation is 1. The molecule has 0 atom stereocenters. The average Bonchev–Trinajstić information content (AvgIpc) is 3.00. The predicted molar refractivity (Wildman–Crippen MR) is 136 cm³/mol. The van der Waals surface area contributed by atoms with Crippen LogP contribution in [0, 0.1) is 0 Å². The second-order valence-electron chi connectivity index (χ2n) is 10.6. The van der Waals surface area contributed by atoms with Gasteiger partial charge in [0.15, 0.2) is 0 Å². The zero-order chi connectivity index (χ0) is 25.7. The smallest absolute Gasteiger partial charge is 0.416 e. The normalized spacial score (nSPS) is 12.3. The molecule has 3 aromatic heterocycles. The number of phenols is 1. The van der Waals surface area contributed by atoms with E-state index in [1.54, 1.807) is 54.2 Å². The fourth-order valence-corrected chi connectivity index (χ4v) is 4.11. The second-order valence-corrected chi connectivity index (χ2v) is 10.6. The van der Waals surface area contributed by atoms with Gasteiger partial charge >= 0.3 is 6.09 Å². The number of carbonyl (C=O) groups is 1. The summed E-state index contributed by atoms with van der Waals surface area (Å²) in [5.74, 6) is 0.560. The molecule has 3 heterocycles. The summed E-state index contributed by atoms with van der Waals surface area (Å²) in [6.07, 6.45) is 1.16. The zero-order valence-electron chi connectivity index (χ0n) is 21.2. The van der Waals surface area contributed by atoms with Crippen LogP contribution in [0.2, 0.25) is 0 Å². The maximum Gasteiger partial charge on any atom is 0.416 e. The molecule has 9 heteroatoms. The Morgan fingerprint density at radius 2 is 1.80 bits per heavy atom. The van der Waals surface area contributed by atoms with Crippen LogP contribution in [0.15, 0.2) is 47.4 Å². The lowest BCUT2D eigenvalue weighted by atomic mass is 10.1. The van der Waals surface area contributed by atoms with E-state index in [0.29, 0.717) is 22.4 Å². The number of anilines is 1. The number of benzene rings is 1. The Morgan fingerprint density at radius 3 is 2.46 bits per heavy atom. The van der Waals surface area contributed by atoms with Gasteiger partial charge in [-0.2, -0.15) is 5.10 Å². The van der Waals surface area contributed by atoms with Gasteiger partial charge in [0.2, 0.25) is 0 Å². The van der Waals surface area contributed by atoms with Crippen molar-refractivity contribution < 1.29 is 14.6 Å². The number of fused-ring (bicyclic) bond motifs is 3. The minimum absolute atomic E-state index is 0.127. The molecule has 1 N–H and O–H groups in total. The van der Waals surface area contributed by atoms with Gasteiger partial charge in [0.05, 0.1) is 24.0 Å². The first-order valence-electron chi connectivity index (χ1n) is 11.4. The van der Waals surface area contributed by atoms with Crippen molar-refractivity contribution in [2.45, 2.75) is 59.2 Å². The number of rotatable bonds is 3. The molecule has 0 fully saturated rings. The molecule has 4 rings (SSSR count). The summed E-state index contributed by atoms with van der Waals surface area (Å²) in [6, 6.07) is 10.3. The van der Waals surface area contributed by atoms with E-state index in [9.17, 15) is 14.7 Å². The summed E-state index contributed by atoms with van der Waals surface area (Å²) in [7, 11) is 1.79. The van der Waals surface area contributed by atoms with Crippen molar-refractivity contribution in [1.29, 1.82) is 0 Å². The number of hydrogen-bond acceptors (Lipinski definition) is 6. The molecule has 0 aliphatic heterocycles. The molecule has 1 aromatic carbocycles. The summed E-state index contributed by atoms with van der Waals surface area (Å²) in [5.41, 5.74) is 0.298. The van der Waals surface area contributed by atoms with Crippen molar-refractivity contribution in [3.8, 4) is 5.75 Å². The summed E-state index contributed by atoms with van der Waals surface area (Å²) >= 11 is 0. The molecule has 0 unspecified atom stereocenters. The Kier molecular flexibility index (Phi) is 5.82. The Labute approximate surface area is 203 Å². The van der Waals surface area contributed by atoms with Crippen LogP contribution in [0.4, 0.5) is 10.6 Å². The average molecular weight is 478 g/mol. The Morgan fingerprint density at radius 1 is 1.09 bits per heavy atom. The van der Waals surface area contributed by atoms with Gasteiger partial charge in [-0.25, -0.2) is 14.5 Å². The second kappa shape index (κ2) is 8.41. The topological polar surface area (TPSA) is 102 Å². The van der Waals surface area contributed by atoms with E-state index >= 15 is 0 Å². The highest BCUT2D eigenvalue weighted by Gasteiger charge is 2.33. The van der Waals surface area contributed by atoms with Gasteiger partial charge in [0.1, 0.15) is 22.7 Å². The van der Waals surface area contributed by atoms with Gasteiger partial charge < -0.3 is 14.4 Å². The molecular weight excluding hydrogens is 446 g/mol. The molecule has 0 aliphatic carbocycles. The molecule has 184 valence electrons. The van der Waals surface area contributed by atoms with Gasteiger partial charge in [-0.05, 0) is 65.8 Å². The Bertz CT molecular complexity index is 1490. The van der Waals surface area contributed by atoms with Crippen molar-refractivity contribution in [1.82, 2.24) is 19.3 Å². The largest absolute Gasteiger partial charge is 0.508 e. The van der Waals surface area contributed by atoms with E-state index in [1.807, 2.05) is 41.5 Å². The number of phenolic OH excluding ortho intramolecular Hbond substituents is 1. The maximum atomic E-state index is 13.4. The number of ether oxygens (including phenoxy) is 1. The van der Waals surface area contributed by atoms with E-state index < -0.39 is 17.2 Å². The number of carbonyl (C=O) groups excluding carboxylic acids is 1. The molecule has 1 amide bonds. The Balaban J connectivity index is 1.74. The third-order valence-electron chi connectivity index (χ3n) is 5.57. The number of nitrogens with zero attached hydrogens (tertiary/aromatic N) is 5. The quantitative estimate of drug-likeness (QED) is 0.463. The maximum absolute atomic E-state index is 13.4. The third kappa shape index (κ3) is 4.71. The van der Waals surface area contributed by atoms with Crippen LogP contribution < -0.4 is 10.5 Å². The number of aromatic hydroxyl groups is 1. The number of aromatic nitrogens is 4. The van der Waals surface area contributed by atoms with Crippen LogP contribution >= 0.6 is 0 Å². The molecule has 35 heavy (non-hydrogen) atoms. The van der Waals surface area contributed by atoms with Crippen LogP contribution in [-0.2, 0) is 18.3 Å². The van der Waals surface area contributed by atoms with E-state index in [0.717, 1.165) is 10.9 Å². The van der Waals surface area contributed by atoms with Crippen LogP contribution in [0.25, 0.3) is 21.8 Å². The number of hydrogen-bond donors (Lipinski definition) is 1. The van der Waals surface area contributed by atoms with E-state index in [4.69, 9.17) is 4.74 Å². The lowest BCUT2D eigenvalue weighted by Crippen LogP contribution is -2.48. The number of pyridine rings is 1. The molecule has 4 aromatic rings. The molecule has 0 saturated carbocycles. The minimum atomic E-state index is -0.653. The van der Waals surface area contributed by atoms with Gasteiger partial charge in [0.25, 0.3) is 5.56 Å². The summed E-state index contributed by atoms with van der Waals surface area (Å²) in [5, 5.41) is 15.8. The van der Waals surface area contributed by atoms with Crippen molar-refractivity contribution in [3.05, 3.63) is 58.6 Å². The SMILES string of the molecule is Cn1c2cc(O)ccc2c2cnn(Cc3cccc(N(C(=O)OC(C)(C)C)C(C)(C)C)n3)c(=O)c21. The van der Waals surface area contributed by atoms with E-state index in [2.05, 4.69) is 10.1 Å².